The number of carbonyl (C=O) groups excluding carboxylic acids is 3. The van der Waals surface area contributed by atoms with Gasteiger partial charge in [0.1, 0.15) is 0 Å². The minimum Gasteiger partial charge on any atom is -0.434 e. The zero-order chi connectivity index (χ0) is 44.7. The lowest BCUT2D eigenvalue weighted by Gasteiger charge is -2.22. The fourth-order valence-corrected chi connectivity index (χ4v) is 8.18. The fourth-order valence-electron chi connectivity index (χ4n) is 8.18. The number of carbonyl (C=O) groups is 3. The van der Waals surface area contributed by atoms with E-state index in [9.17, 15) is 14.4 Å². The molecule has 0 spiro atoms. The predicted molar refractivity (Wildman–Crippen MR) is 256 cm³/mol. The number of amides is 1. The van der Waals surface area contributed by atoms with Crippen LogP contribution in [0.5, 0.6) is 0 Å². The SMILES string of the molecule is CCCCCCCCC(CCCCCC)COC(=O)OCCCCCCN(CCCCCCOC(=O)OCC(CCCCCC)CCCCCCCC)CCCCNC(C)=O. The Balaban J connectivity index is 4.40. The Labute approximate surface area is 378 Å². The number of nitrogens with one attached hydrogen (secondary N) is 1. The van der Waals surface area contributed by atoms with E-state index in [1.165, 1.54) is 128 Å². The number of unbranched alkanes of at least 4 members (excludes halogenated alkanes) is 23. The lowest BCUT2D eigenvalue weighted by Crippen LogP contribution is -2.28. The third-order valence-corrected chi connectivity index (χ3v) is 12.2. The van der Waals surface area contributed by atoms with Crippen LogP contribution in [0.1, 0.15) is 253 Å². The quantitative estimate of drug-likeness (QED) is 0.0476. The molecule has 362 valence electrons. The van der Waals surface area contributed by atoms with Gasteiger partial charge in [0, 0.05) is 13.5 Å². The number of nitrogens with zero attached hydrogens (tertiary/aromatic N) is 1. The molecule has 0 bridgehead atoms. The second kappa shape index (κ2) is 47.4. The summed E-state index contributed by atoms with van der Waals surface area (Å²) in [6, 6.07) is 0. The molecule has 0 radical (unpaired) electrons. The van der Waals surface area contributed by atoms with E-state index in [-0.39, 0.29) is 5.91 Å². The second-order valence-electron chi connectivity index (χ2n) is 18.2. The van der Waals surface area contributed by atoms with Crippen LogP contribution in [0.15, 0.2) is 0 Å². The molecule has 9 nitrogen and oxygen atoms in total. The Hall–Kier alpha value is -2.03. The van der Waals surface area contributed by atoms with E-state index < -0.39 is 12.3 Å². The molecule has 0 aliphatic carbocycles. The standard InChI is InChI=1S/C52H102N2O7/c1-6-10-14-18-20-28-38-49(36-26-16-12-8-3)46-60-51(56)58-44-34-24-22-31-41-54(43-33-30-40-53-48(5)55)42-32-23-25-35-45-59-52(57)61-47-50(37-27-17-13-9-4)39-29-21-19-15-11-7-2/h49-50H,6-47H2,1-5H3,(H,53,55). The van der Waals surface area contributed by atoms with Crippen LogP contribution >= 0.6 is 0 Å². The largest absolute Gasteiger partial charge is 0.508 e. The van der Waals surface area contributed by atoms with Gasteiger partial charge in [-0.15, -0.1) is 0 Å². The molecule has 0 saturated heterocycles. The molecule has 0 aromatic heterocycles. The summed E-state index contributed by atoms with van der Waals surface area (Å²) in [6.07, 6.45) is 39.3. The molecule has 0 aliphatic heterocycles. The van der Waals surface area contributed by atoms with Crippen molar-refractivity contribution in [2.45, 2.75) is 253 Å². The van der Waals surface area contributed by atoms with Crippen molar-refractivity contribution in [3.8, 4) is 0 Å². The normalized spacial score (nSPS) is 12.4. The van der Waals surface area contributed by atoms with Crippen LogP contribution < -0.4 is 5.32 Å². The third kappa shape index (κ3) is 44.4. The van der Waals surface area contributed by atoms with Gasteiger partial charge in [-0.25, -0.2) is 9.59 Å². The van der Waals surface area contributed by atoms with Crippen LogP contribution in [0.3, 0.4) is 0 Å². The van der Waals surface area contributed by atoms with E-state index in [1.54, 1.807) is 6.92 Å². The molecule has 0 fully saturated rings. The van der Waals surface area contributed by atoms with Crippen LogP contribution in [0.25, 0.3) is 0 Å². The molecule has 61 heavy (non-hydrogen) atoms. The molecule has 0 rings (SSSR count). The van der Waals surface area contributed by atoms with Crippen LogP contribution in [-0.2, 0) is 23.7 Å². The van der Waals surface area contributed by atoms with Crippen molar-refractivity contribution >= 4 is 18.2 Å². The molecular formula is C52H102N2O7. The maximum absolute atomic E-state index is 12.4. The van der Waals surface area contributed by atoms with Crippen molar-refractivity contribution < 1.29 is 33.3 Å². The van der Waals surface area contributed by atoms with Gasteiger partial charge in [-0.2, -0.15) is 0 Å². The number of hydrogen-bond acceptors (Lipinski definition) is 8. The summed E-state index contributed by atoms with van der Waals surface area (Å²) in [6.45, 7) is 16.3. The predicted octanol–water partition coefficient (Wildman–Crippen LogP) is 15.3. The summed E-state index contributed by atoms with van der Waals surface area (Å²) in [5.41, 5.74) is 0. The van der Waals surface area contributed by atoms with Crippen molar-refractivity contribution in [3.05, 3.63) is 0 Å². The van der Waals surface area contributed by atoms with Gasteiger partial charge in [0.2, 0.25) is 5.91 Å². The van der Waals surface area contributed by atoms with E-state index in [0.717, 1.165) is 116 Å². The molecule has 1 amide bonds. The van der Waals surface area contributed by atoms with Gasteiger partial charge < -0.3 is 29.2 Å². The first kappa shape index (κ1) is 59.0. The van der Waals surface area contributed by atoms with Crippen molar-refractivity contribution in [1.29, 1.82) is 0 Å². The Bertz CT molecular complexity index is 889. The van der Waals surface area contributed by atoms with Gasteiger partial charge in [0.05, 0.1) is 26.4 Å². The zero-order valence-electron chi connectivity index (χ0n) is 41.2. The van der Waals surface area contributed by atoms with Crippen molar-refractivity contribution in [3.63, 3.8) is 0 Å². The van der Waals surface area contributed by atoms with Crippen molar-refractivity contribution in [2.24, 2.45) is 11.8 Å². The fraction of sp³-hybridized carbons (Fsp3) is 0.942. The molecule has 9 heteroatoms. The van der Waals surface area contributed by atoms with Gasteiger partial charge in [0.25, 0.3) is 0 Å². The van der Waals surface area contributed by atoms with E-state index >= 15 is 0 Å². The molecule has 0 aromatic carbocycles. The average Bonchev–Trinajstić information content (AvgIpc) is 3.25. The molecule has 0 aliphatic rings. The average molecular weight is 867 g/mol. The summed E-state index contributed by atoms with van der Waals surface area (Å²) >= 11 is 0. The number of ether oxygens (including phenoxy) is 4. The molecule has 0 saturated carbocycles. The smallest absolute Gasteiger partial charge is 0.434 e. The Kier molecular flexibility index (Phi) is 45.9. The van der Waals surface area contributed by atoms with Gasteiger partial charge in [-0.3, -0.25) is 4.79 Å². The Morgan fingerprint density at radius 2 is 0.705 bits per heavy atom. The van der Waals surface area contributed by atoms with Gasteiger partial charge in [-0.1, -0.05) is 182 Å². The van der Waals surface area contributed by atoms with E-state index in [1.807, 2.05) is 0 Å². The summed E-state index contributed by atoms with van der Waals surface area (Å²) in [4.78, 5) is 38.6. The zero-order valence-corrected chi connectivity index (χ0v) is 41.2. The van der Waals surface area contributed by atoms with Crippen molar-refractivity contribution in [1.82, 2.24) is 10.2 Å². The first-order valence-corrected chi connectivity index (χ1v) is 26.4. The Morgan fingerprint density at radius 1 is 0.393 bits per heavy atom. The third-order valence-electron chi connectivity index (χ3n) is 12.2. The second-order valence-corrected chi connectivity index (χ2v) is 18.2. The van der Waals surface area contributed by atoms with E-state index in [2.05, 4.69) is 37.9 Å². The topological polar surface area (TPSA) is 103 Å². The summed E-state index contributed by atoms with van der Waals surface area (Å²) in [7, 11) is 0. The Morgan fingerprint density at radius 3 is 1.08 bits per heavy atom. The van der Waals surface area contributed by atoms with E-state index in [0.29, 0.717) is 38.3 Å². The van der Waals surface area contributed by atoms with Crippen molar-refractivity contribution in [2.75, 3.05) is 52.6 Å². The van der Waals surface area contributed by atoms with E-state index in [4.69, 9.17) is 18.9 Å². The highest BCUT2D eigenvalue weighted by Gasteiger charge is 2.15. The number of rotatable bonds is 47. The maximum Gasteiger partial charge on any atom is 0.508 e. The van der Waals surface area contributed by atoms with Crippen LogP contribution in [0.2, 0.25) is 0 Å². The lowest BCUT2D eigenvalue weighted by atomic mass is 9.95. The minimum atomic E-state index is -0.505. The lowest BCUT2D eigenvalue weighted by molar-refractivity contribution is -0.118. The van der Waals surface area contributed by atoms with Gasteiger partial charge in [-0.05, 0) is 95.7 Å². The van der Waals surface area contributed by atoms with Gasteiger partial charge in [0.15, 0.2) is 0 Å². The van der Waals surface area contributed by atoms with Crippen LogP contribution in [0.4, 0.5) is 9.59 Å². The first-order chi connectivity index (χ1) is 29.9. The first-order valence-electron chi connectivity index (χ1n) is 26.4. The highest BCUT2D eigenvalue weighted by molar-refractivity contribution is 5.72. The molecule has 1 N–H and O–H groups in total. The minimum absolute atomic E-state index is 0.0299. The number of hydrogen-bond donors (Lipinski definition) is 1. The van der Waals surface area contributed by atoms with Crippen LogP contribution in [0, 0.1) is 11.8 Å². The molecule has 0 heterocycles. The summed E-state index contributed by atoms with van der Waals surface area (Å²) in [5.74, 6) is 0.921. The highest BCUT2D eigenvalue weighted by atomic mass is 16.7. The summed E-state index contributed by atoms with van der Waals surface area (Å²) < 4.78 is 22.1. The molecular weight excluding hydrogens is 765 g/mol. The maximum atomic E-state index is 12.4. The highest BCUT2D eigenvalue weighted by Crippen LogP contribution is 2.21. The van der Waals surface area contributed by atoms with Crippen LogP contribution in [-0.4, -0.2) is 75.7 Å². The summed E-state index contributed by atoms with van der Waals surface area (Å²) in [5, 5.41) is 2.91. The molecule has 2 unspecified atom stereocenters. The molecule has 0 aromatic rings. The van der Waals surface area contributed by atoms with Gasteiger partial charge >= 0.3 is 12.3 Å². The molecule has 2 atom stereocenters. The monoisotopic (exact) mass is 867 g/mol.